The molecule has 31 heavy (non-hydrogen) atoms. The van der Waals surface area contributed by atoms with Gasteiger partial charge in [-0.3, -0.25) is 5.41 Å². The van der Waals surface area contributed by atoms with Crippen LogP contribution in [0.2, 0.25) is 0 Å². The molecular weight excluding hydrogens is 415 g/mol. The van der Waals surface area contributed by atoms with E-state index >= 15 is 0 Å². The first-order valence-electron chi connectivity index (χ1n) is 9.75. The highest BCUT2D eigenvalue weighted by atomic mass is 31.2. The van der Waals surface area contributed by atoms with Crippen LogP contribution >= 0.6 is 7.60 Å². The van der Waals surface area contributed by atoms with Crippen LogP contribution in [0.25, 0.3) is 0 Å². The number of nitrogens with two attached hydrogens (primary N) is 1. The van der Waals surface area contributed by atoms with E-state index in [0.717, 1.165) is 0 Å². The molecule has 4 N–H and O–H groups in total. The zero-order chi connectivity index (χ0) is 21.7. The second-order valence-electron chi connectivity index (χ2n) is 7.06. The maximum absolute atomic E-state index is 14.3. The van der Waals surface area contributed by atoms with Crippen LogP contribution in [0.5, 0.6) is 11.5 Å². The zero-order valence-corrected chi connectivity index (χ0v) is 17.6. The molecule has 160 valence electrons. The van der Waals surface area contributed by atoms with Gasteiger partial charge in [0.05, 0.1) is 0 Å². The highest BCUT2D eigenvalue weighted by Crippen LogP contribution is 2.56. The van der Waals surface area contributed by atoms with Crippen molar-refractivity contribution in [3.63, 3.8) is 0 Å². The zero-order valence-electron chi connectivity index (χ0n) is 16.7. The van der Waals surface area contributed by atoms with Gasteiger partial charge in [-0.25, -0.2) is 14.5 Å². The Hall–Kier alpha value is -3.58. The van der Waals surface area contributed by atoms with Crippen LogP contribution in [0.4, 0.5) is 5.95 Å². The summed E-state index contributed by atoms with van der Waals surface area (Å²) in [6.45, 7) is 0.861. The Labute approximate surface area is 180 Å². The second kappa shape index (κ2) is 9.06. The van der Waals surface area contributed by atoms with Gasteiger partial charge in [0.1, 0.15) is 11.5 Å². The molecule has 1 aliphatic heterocycles. The Bertz CT molecular complexity index is 1000. The molecule has 1 aromatic heterocycles. The summed E-state index contributed by atoms with van der Waals surface area (Å²) in [4.78, 5) is 10.1. The normalized spacial score (nSPS) is 14.9. The van der Waals surface area contributed by atoms with Gasteiger partial charge in [0.15, 0.2) is 11.7 Å². The highest BCUT2D eigenvalue weighted by Gasteiger charge is 2.49. The minimum absolute atomic E-state index is 0.0336. The largest absolute Gasteiger partial charge is 0.453 e. The fourth-order valence-electron chi connectivity index (χ4n) is 3.26. The van der Waals surface area contributed by atoms with Crippen LogP contribution in [-0.2, 0) is 4.57 Å². The second-order valence-corrected chi connectivity index (χ2v) is 9.06. The molecule has 0 amide bonds. The SMILES string of the molecule is N=C(N)N1CC(C(Nc2ncccn2)P(=O)(Oc2ccccc2)Oc2ccccc2)C1. The van der Waals surface area contributed by atoms with Gasteiger partial charge in [0.25, 0.3) is 0 Å². The fourth-order valence-corrected chi connectivity index (χ4v) is 5.33. The van der Waals surface area contributed by atoms with Gasteiger partial charge >= 0.3 is 7.60 Å². The van der Waals surface area contributed by atoms with E-state index in [0.29, 0.717) is 30.5 Å². The molecule has 0 bridgehead atoms. The monoisotopic (exact) mass is 438 g/mol. The van der Waals surface area contributed by atoms with E-state index in [9.17, 15) is 4.57 Å². The molecule has 1 fully saturated rings. The molecule has 0 aliphatic carbocycles. The van der Waals surface area contributed by atoms with Crippen molar-refractivity contribution in [1.82, 2.24) is 14.9 Å². The van der Waals surface area contributed by atoms with Gasteiger partial charge in [-0.2, -0.15) is 0 Å². The standard InChI is InChI=1S/C21H23N6O3P/c22-20(23)27-14-16(15-27)19(26-21-24-12-7-13-25-21)31(28,29-17-8-3-1-4-9-17)30-18-10-5-2-6-11-18/h1-13,16,19H,14-15H2,(H3,22,23)(H,24,25,26). The van der Waals surface area contributed by atoms with Crippen LogP contribution in [0, 0.1) is 11.3 Å². The van der Waals surface area contributed by atoms with E-state index < -0.39 is 13.4 Å². The maximum Gasteiger partial charge on any atom is 0.453 e. The van der Waals surface area contributed by atoms with Crippen LogP contribution in [0.3, 0.4) is 0 Å². The summed E-state index contributed by atoms with van der Waals surface area (Å²) in [7, 11) is -3.85. The average molecular weight is 438 g/mol. The summed E-state index contributed by atoms with van der Waals surface area (Å²) in [5.41, 5.74) is 5.60. The summed E-state index contributed by atoms with van der Waals surface area (Å²) in [6, 6.07) is 19.5. The molecule has 3 aromatic rings. The molecule has 1 saturated heterocycles. The Morgan fingerprint density at radius 3 is 2.00 bits per heavy atom. The van der Waals surface area contributed by atoms with Crippen molar-refractivity contribution >= 4 is 19.5 Å². The highest BCUT2D eigenvalue weighted by molar-refractivity contribution is 7.55. The Balaban J connectivity index is 1.69. The number of anilines is 1. The lowest BCUT2D eigenvalue weighted by molar-refractivity contribution is 0.174. The quantitative estimate of drug-likeness (QED) is 0.278. The topological polar surface area (TPSA) is 126 Å². The van der Waals surface area contributed by atoms with Gasteiger partial charge in [-0.1, -0.05) is 36.4 Å². The predicted molar refractivity (Wildman–Crippen MR) is 118 cm³/mol. The van der Waals surface area contributed by atoms with Gasteiger partial charge in [0, 0.05) is 31.4 Å². The smallest absolute Gasteiger partial charge is 0.415 e. The number of likely N-dealkylation sites (tertiary alicyclic amines) is 1. The predicted octanol–water partition coefficient (Wildman–Crippen LogP) is 3.39. The number of nitrogens with one attached hydrogen (secondary N) is 2. The Morgan fingerprint density at radius 1 is 1.00 bits per heavy atom. The molecule has 0 spiro atoms. The minimum atomic E-state index is -3.85. The number of nitrogens with zero attached hydrogens (tertiary/aromatic N) is 3. The number of hydrogen-bond acceptors (Lipinski definition) is 7. The number of guanidine groups is 1. The van der Waals surface area contributed by atoms with Crippen LogP contribution in [-0.4, -0.2) is 39.7 Å². The number of hydrogen-bond donors (Lipinski definition) is 3. The van der Waals surface area contributed by atoms with E-state index in [4.69, 9.17) is 20.2 Å². The summed E-state index contributed by atoms with van der Waals surface area (Å²) < 4.78 is 26.3. The number of para-hydroxylation sites is 2. The van der Waals surface area contributed by atoms with Crippen LogP contribution < -0.4 is 20.1 Å². The first kappa shape index (κ1) is 20.7. The third-order valence-corrected chi connectivity index (χ3v) is 6.99. The van der Waals surface area contributed by atoms with Gasteiger partial charge in [0.2, 0.25) is 5.95 Å². The van der Waals surface area contributed by atoms with E-state index in [-0.39, 0.29) is 11.9 Å². The van der Waals surface area contributed by atoms with E-state index in [1.165, 1.54) is 0 Å². The van der Waals surface area contributed by atoms with Gasteiger partial charge < -0.3 is 25.0 Å². The molecular formula is C21H23N6O3P. The van der Waals surface area contributed by atoms with Gasteiger partial charge in [-0.05, 0) is 30.3 Å². The molecule has 1 atom stereocenters. The molecule has 1 aliphatic rings. The summed E-state index contributed by atoms with van der Waals surface area (Å²) in [5.74, 6) is 0.170. The summed E-state index contributed by atoms with van der Waals surface area (Å²) >= 11 is 0. The molecule has 9 nitrogen and oxygen atoms in total. The third kappa shape index (κ3) is 4.95. The lowest BCUT2D eigenvalue weighted by Crippen LogP contribution is -2.58. The van der Waals surface area contributed by atoms with Crippen LogP contribution in [0.15, 0.2) is 79.1 Å². The van der Waals surface area contributed by atoms with Crippen molar-refractivity contribution in [1.29, 1.82) is 5.41 Å². The van der Waals surface area contributed by atoms with Crippen LogP contribution in [0.1, 0.15) is 0 Å². The van der Waals surface area contributed by atoms with Crippen molar-refractivity contribution in [3.8, 4) is 11.5 Å². The average Bonchev–Trinajstić information content (AvgIpc) is 2.74. The number of rotatable bonds is 8. The summed E-state index contributed by atoms with van der Waals surface area (Å²) in [6.07, 6.45) is 3.19. The maximum atomic E-state index is 14.3. The molecule has 4 rings (SSSR count). The molecule has 1 unspecified atom stereocenters. The molecule has 2 heterocycles. The van der Waals surface area contributed by atoms with Crippen molar-refractivity contribution < 1.29 is 13.6 Å². The third-order valence-electron chi connectivity index (χ3n) is 4.83. The lowest BCUT2D eigenvalue weighted by atomic mass is 10.0. The van der Waals surface area contributed by atoms with E-state index in [2.05, 4.69) is 15.3 Å². The lowest BCUT2D eigenvalue weighted by Gasteiger charge is -2.44. The van der Waals surface area contributed by atoms with Crippen molar-refractivity contribution in [2.45, 2.75) is 5.78 Å². The van der Waals surface area contributed by atoms with E-state index in [1.54, 1.807) is 71.9 Å². The molecule has 0 saturated carbocycles. The Morgan fingerprint density at radius 2 is 1.52 bits per heavy atom. The molecule has 2 aromatic carbocycles. The minimum Gasteiger partial charge on any atom is -0.415 e. The van der Waals surface area contributed by atoms with Gasteiger partial charge in [-0.15, -0.1) is 0 Å². The van der Waals surface area contributed by atoms with Crippen molar-refractivity contribution in [2.75, 3.05) is 18.4 Å². The number of aromatic nitrogens is 2. The van der Waals surface area contributed by atoms with E-state index in [1.807, 2.05) is 12.1 Å². The van der Waals surface area contributed by atoms with Crippen molar-refractivity contribution in [3.05, 3.63) is 79.1 Å². The molecule has 0 radical (unpaired) electrons. The first-order valence-corrected chi connectivity index (χ1v) is 11.4. The van der Waals surface area contributed by atoms with Crippen molar-refractivity contribution in [2.24, 2.45) is 11.7 Å². The molecule has 10 heteroatoms. The fraction of sp³-hybridized carbons (Fsp3) is 0.190. The Kier molecular flexibility index (Phi) is 6.04. The summed E-state index contributed by atoms with van der Waals surface area (Å²) in [5, 5.41) is 10.8. The first-order chi connectivity index (χ1) is 15.0. The number of benzene rings is 2.